The van der Waals surface area contributed by atoms with Crippen LogP contribution >= 0.6 is 11.6 Å². The molecule has 4 aromatic rings. The quantitative estimate of drug-likeness (QED) is 0.383. The predicted octanol–water partition coefficient (Wildman–Crippen LogP) is 3.73. The molecule has 2 N–H and O–H groups in total. The van der Waals surface area contributed by atoms with Crippen molar-refractivity contribution in [2.24, 2.45) is 0 Å². The Balaban J connectivity index is 1.24. The highest BCUT2D eigenvalue weighted by molar-refractivity contribution is 6.33. The van der Waals surface area contributed by atoms with Crippen LogP contribution in [0.1, 0.15) is 5.56 Å². The van der Waals surface area contributed by atoms with E-state index in [2.05, 4.69) is 30.5 Å². The molecule has 6 rings (SSSR count). The average molecular weight is 541 g/mol. The van der Waals surface area contributed by atoms with Crippen molar-refractivity contribution >= 4 is 40.1 Å². The number of aromatic nitrogens is 4. The third kappa shape index (κ3) is 5.14. The summed E-state index contributed by atoms with van der Waals surface area (Å²) in [5.74, 6) is -0.128. The molecule has 0 spiro atoms. The number of hydrogen-bond acceptors (Lipinski definition) is 8. The van der Waals surface area contributed by atoms with Gasteiger partial charge in [-0.2, -0.15) is 4.98 Å². The Labute approximate surface area is 223 Å². The molecular weight excluding hydrogens is 514 g/mol. The Bertz CT molecular complexity index is 1430. The summed E-state index contributed by atoms with van der Waals surface area (Å²) in [5, 5.41) is 7.71. The van der Waals surface area contributed by atoms with E-state index in [9.17, 15) is 0 Å². The lowest BCUT2D eigenvalue weighted by Crippen LogP contribution is -2.44. The highest BCUT2D eigenvalue weighted by Crippen LogP contribution is 2.28. The molecule has 198 valence electrons. The van der Waals surface area contributed by atoms with Crippen LogP contribution in [0, 0.1) is 11.6 Å². The fourth-order valence-corrected chi connectivity index (χ4v) is 5.07. The van der Waals surface area contributed by atoms with Gasteiger partial charge in [-0.1, -0.05) is 11.6 Å². The lowest BCUT2D eigenvalue weighted by atomic mass is 10.1. The Morgan fingerprint density at radius 1 is 1.00 bits per heavy atom. The van der Waals surface area contributed by atoms with Gasteiger partial charge < -0.3 is 24.8 Å². The van der Waals surface area contributed by atoms with Gasteiger partial charge >= 0.3 is 0 Å². The number of ether oxygens (including phenoxy) is 1. The van der Waals surface area contributed by atoms with Crippen LogP contribution in [-0.4, -0.2) is 76.9 Å². The van der Waals surface area contributed by atoms with Gasteiger partial charge in [0.1, 0.15) is 23.1 Å². The minimum atomic E-state index is -0.592. The molecule has 0 radical (unpaired) electrons. The third-order valence-electron chi connectivity index (χ3n) is 6.81. The van der Waals surface area contributed by atoms with Crippen LogP contribution in [0.25, 0.3) is 16.7 Å². The van der Waals surface area contributed by atoms with Gasteiger partial charge in [0.25, 0.3) is 0 Å². The Morgan fingerprint density at radius 3 is 2.50 bits per heavy atom. The summed E-state index contributed by atoms with van der Waals surface area (Å²) in [4.78, 5) is 17.6. The van der Waals surface area contributed by atoms with Crippen molar-refractivity contribution in [3.05, 3.63) is 65.1 Å². The number of rotatable bonds is 6. The van der Waals surface area contributed by atoms with Crippen LogP contribution in [0.5, 0.6) is 0 Å². The van der Waals surface area contributed by atoms with Gasteiger partial charge in [-0.3, -0.25) is 4.90 Å². The molecule has 0 bridgehead atoms. The number of morpholine rings is 1. The number of nitrogens with one attached hydrogen (secondary N) is 2. The molecule has 2 fully saturated rings. The van der Waals surface area contributed by atoms with E-state index >= 15 is 8.78 Å². The monoisotopic (exact) mass is 540 g/mol. The molecule has 2 aliphatic rings. The molecular formula is C26H27ClF2N8O. The van der Waals surface area contributed by atoms with E-state index in [1.165, 1.54) is 12.1 Å². The first kappa shape index (κ1) is 24.9. The van der Waals surface area contributed by atoms with Crippen LogP contribution < -0.4 is 15.5 Å². The Kier molecular flexibility index (Phi) is 7.07. The highest BCUT2D eigenvalue weighted by atomic mass is 35.5. The summed E-state index contributed by atoms with van der Waals surface area (Å²) >= 11 is 6.53. The zero-order chi connectivity index (χ0) is 26.1. The van der Waals surface area contributed by atoms with Crippen LogP contribution in [-0.2, 0) is 11.3 Å². The van der Waals surface area contributed by atoms with E-state index in [1.54, 1.807) is 35.3 Å². The lowest BCUT2D eigenvalue weighted by molar-refractivity contribution is 0.0332. The number of anilines is 3. The molecule has 12 heteroatoms. The van der Waals surface area contributed by atoms with Crippen molar-refractivity contribution in [1.82, 2.24) is 29.7 Å². The molecule has 0 atom stereocenters. The zero-order valence-electron chi connectivity index (χ0n) is 20.6. The lowest BCUT2D eigenvalue weighted by Gasteiger charge is -2.29. The predicted molar refractivity (Wildman–Crippen MR) is 142 cm³/mol. The minimum Gasteiger partial charge on any atom is -0.379 e. The molecule has 0 aliphatic carbocycles. The number of piperazine rings is 1. The van der Waals surface area contributed by atoms with Gasteiger partial charge in [-0.05, 0) is 24.3 Å². The topological polar surface area (TPSA) is 83.4 Å². The molecule has 5 heterocycles. The number of pyridine rings is 1. The second-order valence-corrected chi connectivity index (χ2v) is 9.73. The smallest absolute Gasteiger partial charge is 0.229 e. The van der Waals surface area contributed by atoms with Crippen LogP contribution in [0.4, 0.5) is 26.2 Å². The first-order chi connectivity index (χ1) is 18.5. The highest BCUT2D eigenvalue weighted by Gasteiger charge is 2.19. The Morgan fingerprint density at radius 2 is 1.76 bits per heavy atom. The Hall–Kier alpha value is -3.38. The molecule has 3 aromatic heterocycles. The maximum Gasteiger partial charge on any atom is 0.229 e. The van der Waals surface area contributed by atoms with Gasteiger partial charge in [0, 0.05) is 69.2 Å². The van der Waals surface area contributed by atoms with Crippen molar-refractivity contribution < 1.29 is 13.5 Å². The van der Waals surface area contributed by atoms with Crippen LogP contribution in [0.15, 0.2) is 42.9 Å². The number of hydrogen-bond donors (Lipinski definition) is 2. The van der Waals surface area contributed by atoms with E-state index in [0.29, 0.717) is 54.3 Å². The van der Waals surface area contributed by atoms with E-state index in [4.69, 9.17) is 16.3 Å². The van der Waals surface area contributed by atoms with Crippen molar-refractivity contribution in [3.63, 3.8) is 0 Å². The average Bonchev–Trinajstić information content (AvgIpc) is 3.35. The maximum absolute atomic E-state index is 15.0. The van der Waals surface area contributed by atoms with Crippen molar-refractivity contribution in [1.29, 1.82) is 0 Å². The first-order valence-electron chi connectivity index (χ1n) is 12.6. The van der Waals surface area contributed by atoms with E-state index < -0.39 is 11.6 Å². The summed E-state index contributed by atoms with van der Waals surface area (Å²) in [6.45, 7) is 6.07. The summed E-state index contributed by atoms with van der Waals surface area (Å²) < 4.78 is 37.1. The standard InChI is InChI=1S/C26H27ClF2N8O/c27-21-11-18(15-31-25(21)36-5-2-30-3-6-36)33-26-32-14-17-1-4-37(24(17)34-26)19-12-22(28)20(23(29)13-19)16-35-7-9-38-10-8-35/h1,4,11-15,30H,2-3,5-10,16H2,(H,32,33,34). The minimum absolute atomic E-state index is 0.0535. The molecule has 1 aromatic carbocycles. The van der Waals surface area contributed by atoms with Gasteiger partial charge in [-0.15, -0.1) is 0 Å². The summed E-state index contributed by atoms with van der Waals surface area (Å²) in [7, 11) is 0. The number of fused-ring (bicyclic) bond motifs is 1. The maximum atomic E-state index is 15.0. The van der Waals surface area contributed by atoms with Crippen LogP contribution in [0.2, 0.25) is 5.02 Å². The summed E-state index contributed by atoms with van der Waals surface area (Å²) in [6, 6.07) is 6.27. The van der Waals surface area contributed by atoms with Gasteiger partial charge in [0.15, 0.2) is 0 Å². The molecule has 0 amide bonds. The van der Waals surface area contributed by atoms with Crippen LogP contribution in [0.3, 0.4) is 0 Å². The molecule has 0 unspecified atom stereocenters. The number of benzene rings is 1. The molecule has 2 saturated heterocycles. The zero-order valence-corrected chi connectivity index (χ0v) is 21.4. The number of nitrogens with zero attached hydrogens (tertiary/aromatic N) is 6. The van der Waals surface area contributed by atoms with Gasteiger partial charge in [0.2, 0.25) is 5.95 Å². The number of halogens is 3. The molecule has 9 nitrogen and oxygen atoms in total. The normalized spacial score (nSPS) is 16.8. The van der Waals surface area contributed by atoms with E-state index in [0.717, 1.165) is 37.4 Å². The molecule has 38 heavy (non-hydrogen) atoms. The fourth-order valence-electron chi connectivity index (χ4n) is 4.79. The summed E-state index contributed by atoms with van der Waals surface area (Å²) in [6.07, 6.45) is 5.07. The SMILES string of the molecule is Fc1cc(-n2ccc3cnc(Nc4cnc(N5CCNCC5)c(Cl)c4)nc32)cc(F)c1CN1CCOCC1. The van der Waals surface area contributed by atoms with Crippen molar-refractivity contribution in [2.45, 2.75) is 6.54 Å². The fraction of sp³-hybridized carbons (Fsp3) is 0.346. The van der Waals surface area contributed by atoms with Crippen molar-refractivity contribution in [3.8, 4) is 5.69 Å². The second kappa shape index (κ2) is 10.8. The first-order valence-corrected chi connectivity index (χ1v) is 12.9. The van der Waals surface area contributed by atoms with Gasteiger partial charge in [0.05, 0.1) is 35.8 Å². The molecule has 0 saturated carbocycles. The van der Waals surface area contributed by atoms with Crippen molar-refractivity contribution in [2.75, 3.05) is 62.7 Å². The second-order valence-electron chi connectivity index (χ2n) is 9.33. The largest absolute Gasteiger partial charge is 0.379 e. The third-order valence-corrected chi connectivity index (χ3v) is 7.09. The van der Waals surface area contributed by atoms with E-state index in [1.807, 2.05) is 4.90 Å². The van der Waals surface area contributed by atoms with E-state index in [-0.39, 0.29) is 12.1 Å². The summed E-state index contributed by atoms with van der Waals surface area (Å²) in [5.41, 5.74) is 1.54. The van der Waals surface area contributed by atoms with Gasteiger partial charge in [-0.25, -0.2) is 18.7 Å². The molecule has 2 aliphatic heterocycles.